The third-order valence-electron chi connectivity index (χ3n) is 1.99. The Morgan fingerprint density at radius 2 is 2.13 bits per heavy atom. The first-order valence-corrected chi connectivity index (χ1v) is 4.75. The van der Waals surface area contributed by atoms with E-state index in [1.807, 2.05) is 25.1 Å². The molecule has 15 heavy (non-hydrogen) atoms. The quantitative estimate of drug-likeness (QED) is 0.797. The molecule has 1 aromatic carbocycles. The molecule has 0 saturated carbocycles. The molecule has 78 valence electrons. The average Bonchev–Trinajstić information content (AvgIpc) is 2.17. The summed E-state index contributed by atoms with van der Waals surface area (Å²) in [6.07, 6.45) is 0. The first kappa shape index (κ1) is 11.3. The van der Waals surface area contributed by atoms with Gasteiger partial charge < -0.3 is 5.32 Å². The number of nitrogens with zero attached hydrogens (tertiary/aromatic N) is 1. The summed E-state index contributed by atoms with van der Waals surface area (Å²) >= 11 is 0. The second-order valence-corrected chi connectivity index (χ2v) is 4.06. The summed E-state index contributed by atoms with van der Waals surface area (Å²) in [5.41, 5.74) is 0.775. The fourth-order valence-corrected chi connectivity index (χ4v) is 1.17. The Balaban J connectivity index is 2.84. The first-order chi connectivity index (χ1) is 6.94. The molecule has 0 atom stereocenters. The number of aryl methyl sites for hydroxylation is 1. The molecule has 0 bridgehead atoms. The van der Waals surface area contributed by atoms with Crippen LogP contribution in [-0.2, 0) is 0 Å². The highest BCUT2D eigenvalue weighted by Crippen LogP contribution is 2.06. The summed E-state index contributed by atoms with van der Waals surface area (Å²) < 4.78 is 0. The lowest BCUT2D eigenvalue weighted by Crippen LogP contribution is -2.42. The number of nitriles is 1. The van der Waals surface area contributed by atoms with E-state index < -0.39 is 5.54 Å². The second-order valence-electron chi connectivity index (χ2n) is 4.06. The van der Waals surface area contributed by atoms with Crippen molar-refractivity contribution in [3.63, 3.8) is 0 Å². The molecule has 0 spiro atoms. The Labute approximate surface area is 89.7 Å². The first-order valence-electron chi connectivity index (χ1n) is 4.75. The van der Waals surface area contributed by atoms with Gasteiger partial charge in [0.2, 0.25) is 0 Å². The van der Waals surface area contributed by atoms with Crippen LogP contribution >= 0.6 is 0 Å². The smallest absolute Gasteiger partial charge is 0.252 e. The fraction of sp³-hybridized carbons (Fsp3) is 0.333. The molecule has 0 aromatic heterocycles. The van der Waals surface area contributed by atoms with Crippen molar-refractivity contribution in [3.05, 3.63) is 35.4 Å². The highest BCUT2D eigenvalue weighted by Gasteiger charge is 2.19. The molecule has 0 aliphatic heterocycles. The van der Waals surface area contributed by atoms with Crippen LogP contribution in [0.2, 0.25) is 0 Å². The molecule has 0 heterocycles. The number of hydrogen-bond donors (Lipinski definition) is 1. The van der Waals surface area contributed by atoms with Gasteiger partial charge in [-0.3, -0.25) is 4.79 Å². The molecule has 3 heteroatoms. The van der Waals surface area contributed by atoms with E-state index in [0.717, 1.165) is 5.56 Å². The molecule has 0 fully saturated rings. The van der Waals surface area contributed by atoms with Crippen LogP contribution in [0.25, 0.3) is 0 Å². The zero-order chi connectivity index (χ0) is 11.5. The van der Waals surface area contributed by atoms with E-state index in [0.29, 0.717) is 5.56 Å². The zero-order valence-electron chi connectivity index (χ0n) is 9.16. The largest absolute Gasteiger partial charge is 0.334 e. The standard InChI is InChI=1S/C12H14N2O/c1-9-5-4-6-10(7-9)11(15)14-12(2,3)8-13/h4-7H,1-3H3,(H,14,15). The predicted molar refractivity (Wildman–Crippen MR) is 58.3 cm³/mol. The second kappa shape index (κ2) is 4.14. The van der Waals surface area contributed by atoms with E-state index in [2.05, 4.69) is 5.32 Å². The summed E-state index contributed by atoms with van der Waals surface area (Å²) in [5.74, 6) is -0.217. The third kappa shape index (κ3) is 3.10. The van der Waals surface area contributed by atoms with E-state index >= 15 is 0 Å². The molecule has 1 aromatic rings. The monoisotopic (exact) mass is 202 g/mol. The van der Waals surface area contributed by atoms with Crippen LogP contribution in [0.1, 0.15) is 29.8 Å². The average molecular weight is 202 g/mol. The van der Waals surface area contributed by atoms with E-state index in [1.165, 1.54) is 0 Å². The maximum absolute atomic E-state index is 11.7. The van der Waals surface area contributed by atoms with Gasteiger partial charge >= 0.3 is 0 Å². The maximum Gasteiger partial charge on any atom is 0.252 e. The van der Waals surface area contributed by atoms with Crippen molar-refractivity contribution in [2.45, 2.75) is 26.3 Å². The van der Waals surface area contributed by atoms with Gasteiger partial charge in [0, 0.05) is 5.56 Å². The molecule has 3 nitrogen and oxygen atoms in total. The van der Waals surface area contributed by atoms with Crippen LogP contribution in [-0.4, -0.2) is 11.4 Å². The van der Waals surface area contributed by atoms with Crippen molar-refractivity contribution in [1.29, 1.82) is 5.26 Å². The minimum Gasteiger partial charge on any atom is -0.334 e. The number of hydrogen-bond acceptors (Lipinski definition) is 2. The number of rotatable bonds is 2. The van der Waals surface area contributed by atoms with E-state index in [4.69, 9.17) is 5.26 Å². The minimum atomic E-state index is -0.833. The maximum atomic E-state index is 11.7. The van der Waals surface area contributed by atoms with Crippen molar-refractivity contribution >= 4 is 5.91 Å². The van der Waals surface area contributed by atoms with Crippen molar-refractivity contribution in [2.75, 3.05) is 0 Å². The van der Waals surface area contributed by atoms with Crippen molar-refractivity contribution in [1.82, 2.24) is 5.32 Å². The fourth-order valence-electron chi connectivity index (χ4n) is 1.17. The van der Waals surface area contributed by atoms with Crippen molar-refractivity contribution in [2.24, 2.45) is 0 Å². The van der Waals surface area contributed by atoms with Crippen LogP contribution in [0.5, 0.6) is 0 Å². The molecule has 0 unspecified atom stereocenters. The zero-order valence-corrected chi connectivity index (χ0v) is 9.16. The Hall–Kier alpha value is -1.82. The Bertz CT molecular complexity index is 416. The van der Waals surface area contributed by atoms with Gasteiger partial charge in [0.15, 0.2) is 0 Å². The van der Waals surface area contributed by atoms with E-state index in [-0.39, 0.29) is 5.91 Å². The van der Waals surface area contributed by atoms with Gasteiger partial charge in [0.1, 0.15) is 5.54 Å². The Morgan fingerprint density at radius 3 is 2.67 bits per heavy atom. The number of carbonyl (C=O) groups excluding carboxylic acids is 1. The molecule has 0 radical (unpaired) electrons. The van der Waals surface area contributed by atoms with Gasteiger partial charge in [0.25, 0.3) is 5.91 Å². The predicted octanol–water partition coefficient (Wildman–Crippen LogP) is 2.03. The normalized spacial score (nSPS) is 10.5. The van der Waals surface area contributed by atoms with Crippen LogP contribution in [0.15, 0.2) is 24.3 Å². The minimum absolute atomic E-state index is 0.217. The Morgan fingerprint density at radius 1 is 1.47 bits per heavy atom. The molecular weight excluding hydrogens is 188 g/mol. The number of carbonyl (C=O) groups is 1. The summed E-state index contributed by atoms with van der Waals surface area (Å²) in [5, 5.41) is 11.4. The van der Waals surface area contributed by atoms with Crippen LogP contribution in [0.3, 0.4) is 0 Å². The lowest BCUT2D eigenvalue weighted by molar-refractivity contribution is 0.0929. The van der Waals surface area contributed by atoms with Crippen molar-refractivity contribution < 1.29 is 4.79 Å². The SMILES string of the molecule is Cc1cccc(C(=O)NC(C)(C)C#N)c1. The van der Waals surface area contributed by atoms with Crippen LogP contribution in [0, 0.1) is 18.3 Å². The van der Waals surface area contributed by atoms with Crippen LogP contribution < -0.4 is 5.32 Å². The van der Waals surface area contributed by atoms with Crippen molar-refractivity contribution in [3.8, 4) is 6.07 Å². The van der Waals surface area contributed by atoms with E-state index in [9.17, 15) is 4.79 Å². The number of benzene rings is 1. The Kier molecular flexibility index (Phi) is 3.11. The molecule has 0 saturated heterocycles. The van der Waals surface area contributed by atoms with Gasteiger partial charge in [0.05, 0.1) is 6.07 Å². The topological polar surface area (TPSA) is 52.9 Å². The molecular formula is C12H14N2O. The highest BCUT2D eigenvalue weighted by atomic mass is 16.1. The summed E-state index contributed by atoms with van der Waals surface area (Å²) in [4.78, 5) is 11.7. The highest BCUT2D eigenvalue weighted by molar-refractivity contribution is 5.95. The lowest BCUT2D eigenvalue weighted by Gasteiger charge is -2.17. The number of nitrogens with one attached hydrogen (secondary N) is 1. The molecule has 0 aliphatic rings. The van der Waals surface area contributed by atoms with Gasteiger partial charge in [-0.15, -0.1) is 0 Å². The molecule has 1 rings (SSSR count). The molecule has 1 N–H and O–H groups in total. The van der Waals surface area contributed by atoms with Gasteiger partial charge in [-0.25, -0.2) is 0 Å². The summed E-state index contributed by atoms with van der Waals surface area (Å²) in [6, 6.07) is 9.30. The van der Waals surface area contributed by atoms with Gasteiger partial charge in [-0.05, 0) is 32.9 Å². The lowest BCUT2D eigenvalue weighted by atomic mass is 10.1. The van der Waals surface area contributed by atoms with Gasteiger partial charge in [-0.1, -0.05) is 17.7 Å². The number of amides is 1. The third-order valence-corrected chi connectivity index (χ3v) is 1.99. The van der Waals surface area contributed by atoms with Crippen LogP contribution in [0.4, 0.5) is 0 Å². The summed E-state index contributed by atoms with van der Waals surface area (Å²) in [7, 11) is 0. The van der Waals surface area contributed by atoms with E-state index in [1.54, 1.807) is 26.0 Å². The molecule has 0 aliphatic carbocycles. The summed E-state index contributed by atoms with van der Waals surface area (Å²) in [6.45, 7) is 5.26. The molecule has 1 amide bonds. The van der Waals surface area contributed by atoms with Gasteiger partial charge in [-0.2, -0.15) is 5.26 Å².